The summed E-state index contributed by atoms with van der Waals surface area (Å²) in [6.07, 6.45) is 10.7. The number of rotatable bonds is 9. The zero-order valence-corrected chi connectivity index (χ0v) is 21.8. The summed E-state index contributed by atoms with van der Waals surface area (Å²) in [5.41, 5.74) is 3.80. The van der Waals surface area contributed by atoms with E-state index in [4.69, 9.17) is 9.52 Å². The quantitative estimate of drug-likeness (QED) is 0.383. The van der Waals surface area contributed by atoms with E-state index in [-0.39, 0.29) is 18.3 Å². The van der Waals surface area contributed by atoms with Gasteiger partial charge in [0.2, 0.25) is 0 Å². The van der Waals surface area contributed by atoms with Crippen molar-refractivity contribution in [2.24, 2.45) is 11.3 Å². The second-order valence-corrected chi connectivity index (χ2v) is 12.1. The van der Waals surface area contributed by atoms with Crippen LogP contribution >= 0.6 is 0 Å². The van der Waals surface area contributed by atoms with Gasteiger partial charge in [0.25, 0.3) is 0 Å². The lowest BCUT2D eigenvalue weighted by atomic mass is 9.93. The normalized spacial score (nSPS) is 20.9. The SMILES string of the molecule is O=S(CCO)Nc1ccc(-n2cc(-c3ccc(C(O)C4CCCC4)o3)nn2)c(N2CCC3(CC2)CC3)c1. The van der Waals surface area contributed by atoms with Crippen molar-refractivity contribution in [3.05, 3.63) is 42.3 Å². The maximum absolute atomic E-state index is 12.2. The van der Waals surface area contributed by atoms with E-state index >= 15 is 0 Å². The minimum atomic E-state index is -1.35. The fraction of sp³-hybridized carbons (Fsp3) is 0.556. The molecule has 1 spiro atoms. The zero-order chi connectivity index (χ0) is 25.4. The molecule has 3 aromatic rings. The standard InChI is InChI=1S/C27H35N5O4S/c33-15-16-37(35)29-20-5-6-22(23(17-20)31-13-11-27(9-10-27)12-14-31)32-18-21(28-30-32)24-7-8-25(36-24)26(34)19-3-1-2-4-19/h5-8,17-19,26,29,33-34H,1-4,9-16H2. The highest BCUT2D eigenvalue weighted by molar-refractivity contribution is 7.86. The third-order valence-corrected chi connectivity index (χ3v) is 9.38. The molecule has 6 rings (SSSR count). The summed E-state index contributed by atoms with van der Waals surface area (Å²) in [6, 6.07) is 9.55. The second kappa shape index (κ2) is 10.2. The molecule has 3 heterocycles. The molecule has 3 N–H and O–H groups in total. The van der Waals surface area contributed by atoms with E-state index in [2.05, 4.69) is 19.9 Å². The smallest absolute Gasteiger partial charge is 0.156 e. The highest BCUT2D eigenvalue weighted by atomic mass is 32.2. The molecule has 1 aliphatic heterocycles. The van der Waals surface area contributed by atoms with Crippen LogP contribution in [0.2, 0.25) is 0 Å². The van der Waals surface area contributed by atoms with E-state index in [1.54, 1.807) is 4.68 Å². The van der Waals surface area contributed by atoms with Crippen LogP contribution < -0.4 is 9.62 Å². The van der Waals surface area contributed by atoms with Gasteiger partial charge in [0.15, 0.2) is 5.76 Å². The Morgan fingerprint density at radius 3 is 2.62 bits per heavy atom. The van der Waals surface area contributed by atoms with Gasteiger partial charge < -0.3 is 24.3 Å². The molecule has 1 saturated heterocycles. The Labute approximate surface area is 219 Å². The third-order valence-electron chi connectivity index (χ3n) is 8.36. The van der Waals surface area contributed by atoms with Crippen LogP contribution in [0.4, 0.5) is 11.4 Å². The van der Waals surface area contributed by atoms with Crippen LogP contribution in [0.5, 0.6) is 0 Å². The number of aromatic nitrogens is 3. The molecule has 3 aliphatic rings. The van der Waals surface area contributed by atoms with Gasteiger partial charge in [-0.25, -0.2) is 8.89 Å². The molecule has 2 saturated carbocycles. The summed E-state index contributed by atoms with van der Waals surface area (Å²) >= 11 is 0. The fourth-order valence-electron chi connectivity index (χ4n) is 5.85. The molecule has 2 atom stereocenters. The molecule has 9 nitrogen and oxygen atoms in total. The van der Waals surface area contributed by atoms with Crippen LogP contribution in [0.3, 0.4) is 0 Å². The molecule has 2 aliphatic carbocycles. The van der Waals surface area contributed by atoms with Gasteiger partial charge in [0.1, 0.15) is 28.5 Å². The molecule has 10 heteroatoms. The molecule has 37 heavy (non-hydrogen) atoms. The molecule has 2 aromatic heterocycles. The number of furan rings is 1. The number of piperidine rings is 1. The molecule has 0 amide bonds. The average Bonchev–Trinajstić information content (AvgIpc) is 3.39. The van der Waals surface area contributed by atoms with Crippen LogP contribution in [0.1, 0.15) is 63.2 Å². The Bertz CT molecular complexity index is 1250. The Kier molecular flexibility index (Phi) is 6.81. The van der Waals surface area contributed by atoms with E-state index in [9.17, 15) is 9.32 Å². The summed E-state index contributed by atoms with van der Waals surface area (Å²) in [5, 5.41) is 28.6. The van der Waals surface area contributed by atoms with Crippen LogP contribution in [0.15, 0.2) is 40.9 Å². The summed E-state index contributed by atoms with van der Waals surface area (Å²) in [6.45, 7) is 1.81. The Balaban J connectivity index is 1.26. The molecular weight excluding hydrogens is 490 g/mol. The largest absolute Gasteiger partial charge is 0.457 e. The maximum atomic E-state index is 12.2. The molecule has 0 radical (unpaired) electrons. The van der Waals surface area contributed by atoms with Crippen molar-refractivity contribution in [3.8, 4) is 17.1 Å². The van der Waals surface area contributed by atoms with Gasteiger partial charge in [-0.2, -0.15) is 0 Å². The topological polar surface area (TPSA) is 117 Å². The summed E-state index contributed by atoms with van der Waals surface area (Å²) < 4.78 is 23.0. The first-order valence-electron chi connectivity index (χ1n) is 13.4. The number of aliphatic hydroxyl groups is 2. The predicted molar refractivity (Wildman–Crippen MR) is 143 cm³/mol. The number of hydrogen-bond donors (Lipinski definition) is 3. The monoisotopic (exact) mass is 525 g/mol. The van der Waals surface area contributed by atoms with Crippen LogP contribution in [0.25, 0.3) is 17.1 Å². The van der Waals surface area contributed by atoms with Gasteiger partial charge in [-0.15, -0.1) is 5.10 Å². The number of aliphatic hydroxyl groups excluding tert-OH is 2. The van der Waals surface area contributed by atoms with E-state index < -0.39 is 17.1 Å². The Hall–Kier alpha value is -2.69. The highest BCUT2D eigenvalue weighted by Crippen LogP contribution is 2.54. The number of nitrogens with zero attached hydrogens (tertiary/aromatic N) is 4. The average molecular weight is 526 g/mol. The molecule has 2 unspecified atom stereocenters. The lowest BCUT2D eigenvalue weighted by molar-refractivity contribution is 0.0894. The van der Waals surface area contributed by atoms with Crippen molar-refractivity contribution in [1.82, 2.24) is 15.0 Å². The lowest BCUT2D eigenvalue weighted by Gasteiger charge is -2.35. The van der Waals surface area contributed by atoms with Gasteiger partial charge in [-0.3, -0.25) is 0 Å². The maximum Gasteiger partial charge on any atom is 0.156 e. The predicted octanol–water partition coefficient (Wildman–Crippen LogP) is 4.20. The second-order valence-electron chi connectivity index (χ2n) is 10.8. The minimum Gasteiger partial charge on any atom is -0.457 e. The van der Waals surface area contributed by atoms with Crippen molar-refractivity contribution in [2.45, 2.75) is 57.5 Å². The van der Waals surface area contributed by atoms with Gasteiger partial charge in [0, 0.05) is 18.8 Å². The molecule has 3 fully saturated rings. The van der Waals surface area contributed by atoms with Gasteiger partial charge >= 0.3 is 0 Å². The summed E-state index contributed by atoms with van der Waals surface area (Å²) in [7, 11) is -1.35. The van der Waals surface area contributed by atoms with E-state index in [1.807, 2.05) is 36.5 Å². The highest BCUT2D eigenvalue weighted by Gasteiger charge is 2.44. The summed E-state index contributed by atoms with van der Waals surface area (Å²) in [4.78, 5) is 2.38. The van der Waals surface area contributed by atoms with E-state index in [0.29, 0.717) is 22.6 Å². The van der Waals surface area contributed by atoms with Gasteiger partial charge in [0.05, 0.1) is 29.9 Å². The van der Waals surface area contributed by atoms with Gasteiger partial charge in [-0.05, 0) is 80.2 Å². The third kappa shape index (κ3) is 5.19. The molecular formula is C27H35N5O4S. The van der Waals surface area contributed by atoms with Gasteiger partial charge in [-0.1, -0.05) is 18.1 Å². The minimum absolute atomic E-state index is 0.132. The lowest BCUT2D eigenvalue weighted by Crippen LogP contribution is -2.35. The number of hydrogen-bond acceptors (Lipinski definition) is 7. The first kappa shape index (κ1) is 24.6. The van der Waals surface area contributed by atoms with Crippen molar-refractivity contribution < 1.29 is 18.8 Å². The number of benzene rings is 1. The van der Waals surface area contributed by atoms with Crippen LogP contribution in [-0.4, -0.2) is 54.9 Å². The number of anilines is 2. The molecule has 0 bridgehead atoms. The van der Waals surface area contributed by atoms with Crippen molar-refractivity contribution in [2.75, 3.05) is 35.1 Å². The van der Waals surface area contributed by atoms with Crippen molar-refractivity contribution >= 4 is 22.4 Å². The van der Waals surface area contributed by atoms with Crippen LogP contribution in [-0.2, 0) is 11.0 Å². The van der Waals surface area contributed by atoms with Crippen LogP contribution in [0, 0.1) is 11.3 Å². The summed E-state index contributed by atoms with van der Waals surface area (Å²) in [5.74, 6) is 1.61. The number of nitrogens with one attached hydrogen (secondary N) is 1. The molecule has 1 aromatic carbocycles. The fourth-order valence-corrected chi connectivity index (χ4v) is 6.51. The Morgan fingerprint density at radius 1 is 1.11 bits per heavy atom. The first-order valence-corrected chi connectivity index (χ1v) is 14.7. The van der Waals surface area contributed by atoms with E-state index in [1.165, 1.54) is 25.7 Å². The Morgan fingerprint density at radius 2 is 1.89 bits per heavy atom. The molecule has 198 valence electrons. The van der Waals surface area contributed by atoms with Crippen molar-refractivity contribution in [1.29, 1.82) is 0 Å². The zero-order valence-electron chi connectivity index (χ0n) is 21.0. The van der Waals surface area contributed by atoms with Crippen molar-refractivity contribution in [3.63, 3.8) is 0 Å². The first-order chi connectivity index (χ1) is 18.0. The van der Waals surface area contributed by atoms with E-state index in [0.717, 1.165) is 55.8 Å².